The lowest BCUT2D eigenvalue weighted by Crippen LogP contribution is -2.20. The second-order valence-corrected chi connectivity index (χ2v) is 5.71. The molecule has 3 nitrogen and oxygen atoms in total. The zero-order valence-electron chi connectivity index (χ0n) is 11.9. The predicted octanol–water partition coefficient (Wildman–Crippen LogP) is 2.24. The first kappa shape index (κ1) is 15.0. The molecule has 0 aliphatic carbocycles. The monoisotopic (exact) mass is 251 g/mol. The van der Waals surface area contributed by atoms with Crippen LogP contribution in [0.4, 0.5) is 0 Å². The molecule has 0 spiro atoms. The number of benzene rings is 1. The highest BCUT2D eigenvalue weighted by Gasteiger charge is 2.19. The van der Waals surface area contributed by atoms with E-state index >= 15 is 0 Å². The molecule has 0 amide bonds. The van der Waals surface area contributed by atoms with E-state index in [0.717, 1.165) is 12.2 Å². The Morgan fingerprint density at radius 3 is 2.50 bits per heavy atom. The maximum atomic E-state index is 9.50. The van der Waals surface area contributed by atoms with Crippen molar-refractivity contribution in [1.82, 2.24) is 0 Å². The molecular formula is C15H25NO2. The molecule has 0 aromatic heterocycles. The number of nitrogens with two attached hydrogens (primary N) is 1. The third kappa shape index (κ3) is 4.00. The number of hydrogen-bond acceptors (Lipinski definition) is 3. The van der Waals surface area contributed by atoms with Crippen molar-refractivity contribution in [3.8, 4) is 5.75 Å². The zero-order chi connectivity index (χ0) is 13.8. The van der Waals surface area contributed by atoms with Crippen LogP contribution in [0.5, 0.6) is 5.75 Å². The summed E-state index contributed by atoms with van der Waals surface area (Å²) in [5, 5.41) is 9.50. The number of aryl methyl sites for hydroxylation is 1. The average molecular weight is 251 g/mol. The number of methoxy groups -OCH3 is 1. The summed E-state index contributed by atoms with van der Waals surface area (Å²) in [5.74, 6) is 0.922. The van der Waals surface area contributed by atoms with Gasteiger partial charge in [0.15, 0.2) is 0 Å². The summed E-state index contributed by atoms with van der Waals surface area (Å²) in [6.07, 6.45) is 1.13. The molecule has 0 aliphatic rings. The lowest BCUT2D eigenvalue weighted by Gasteiger charge is -2.23. The number of aliphatic hydroxyl groups is 1. The van der Waals surface area contributed by atoms with E-state index in [9.17, 15) is 5.11 Å². The lowest BCUT2D eigenvalue weighted by atomic mass is 9.85. The average Bonchev–Trinajstić information content (AvgIpc) is 2.34. The van der Waals surface area contributed by atoms with Gasteiger partial charge in [0, 0.05) is 6.54 Å². The summed E-state index contributed by atoms with van der Waals surface area (Å²) < 4.78 is 5.40. The highest BCUT2D eigenvalue weighted by atomic mass is 16.5. The maximum absolute atomic E-state index is 9.50. The van der Waals surface area contributed by atoms with Gasteiger partial charge in [-0.15, -0.1) is 0 Å². The van der Waals surface area contributed by atoms with E-state index in [1.165, 1.54) is 11.1 Å². The summed E-state index contributed by atoms with van der Waals surface area (Å²) in [5.41, 5.74) is 7.88. The van der Waals surface area contributed by atoms with Crippen molar-refractivity contribution in [2.24, 2.45) is 5.73 Å². The van der Waals surface area contributed by atoms with Gasteiger partial charge in [0.05, 0.1) is 13.2 Å². The van der Waals surface area contributed by atoms with Crippen LogP contribution in [0.3, 0.4) is 0 Å². The van der Waals surface area contributed by atoms with E-state index in [2.05, 4.69) is 32.9 Å². The van der Waals surface area contributed by atoms with E-state index in [-0.39, 0.29) is 5.41 Å². The Labute approximate surface area is 110 Å². The summed E-state index contributed by atoms with van der Waals surface area (Å²) >= 11 is 0. The first-order chi connectivity index (χ1) is 8.38. The van der Waals surface area contributed by atoms with Crippen molar-refractivity contribution < 1.29 is 9.84 Å². The molecule has 0 heterocycles. The van der Waals surface area contributed by atoms with E-state index in [1.807, 2.05) is 6.07 Å². The Hall–Kier alpha value is -1.06. The fraction of sp³-hybridized carbons (Fsp3) is 0.600. The second kappa shape index (κ2) is 6.21. The molecular weight excluding hydrogens is 226 g/mol. The van der Waals surface area contributed by atoms with Crippen molar-refractivity contribution in [3.05, 3.63) is 29.3 Å². The molecule has 0 bridgehead atoms. The SMILES string of the molecule is COc1ccc(CCC(O)CN)cc1C(C)(C)C. The van der Waals surface area contributed by atoms with Crippen molar-refractivity contribution in [2.75, 3.05) is 13.7 Å². The third-order valence-corrected chi connectivity index (χ3v) is 3.11. The quantitative estimate of drug-likeness (QED) is 0.844. The molecule has 1 aromatic carbocycles. The fourth-order valence-corrected chi connectivity index (χ4v) is 1.95. The highest BCUT2D eigenvalue weighted by Crippen LogP contribution is 2.32. The van der Waals surface area contributed by atoms with Gasteiger partial charge in [0.25, 0.3) is 0 Å². The van der Waals surface area contributed by atoms with Gasteiger partial charge in [-0.2, -0.15) is 0 Å². The molecule has 0 fully saturated rings. The maximum Gasteiger partial charge on any atom is 0.122 e. The van der Waals surface area contributed by atoms with Gasteiger partial charge in [0.1, 0.15) is 5.75 Å². The van der Waals surface area contributed by atoms with Gasteiger partial charge in [0.2, 0.25) is 0 Å². The zero-order valence-corrected chi connectivity index (χ0v) is 11.9. The van der Waals surface area contributed by atoms with Crippen LogP contribution in [0.1, 0.15) is 38.3 Å². The molecule has 0 saturated heterocycles. The van der Waals surface area contributed by atoms with Gasteiger partial charge in [-0.1, -0.05) is 32.9 Å². The molecule has 18 heavy (non-hydrogen) atoms. The van der Waals surface area contributed by atoms with Crippen LogP contribution in [-0.4, -0.2) is 24.9 Å². The van der Waals surface area contributed by atoms with Crippen molar-refractivity contribution >= 4 is 0 Å². The Balaban J connectivity index is 2.90. The van der Waals surface area contributed by atoms with Gasteiger partial charge in [-0.3, -0.25) is 0 Å². The minimum Gasteiger partial charge on any atom is -0.496 e. The molecule has 3 N–H and O–H groups in total. The minimum absolute atomic E-state index is 0.0494. The van der Waals surface area contributed by atoms with Crippen LogP contribution in [0.2, 0.25) is 0 Å². The molecule has 0 aliphatic heterocycles. The van der Waals surface area contributed by atoms with E-state index in [0.29, 0.717) is 13.0 Å². The molecule has 3 heteroatoms. The predicted molar refractivity (Wildman–Crippen MR) is 75.1 cm³/mol. The van der Waals surface area contributed by atoms with Gasteiger partial charge >= 0.3 is 0 Å². The van der Waals surface area contributed by atoms with Crippen LogP contribution in [0.15, 0.2) is 18.2 Å². The van der Waals surface area contributed by atoms with Crippen LogP contribution >= 0.6 is 0 Å². The first-order valence-electron chi connectivity index (χ1n) is 6.44. The summed E-state index contributed by atoms with van der Waals surface area (Å²) in [4.78, 5) is 0. The number of ether oxygens (including phenoxy) is 1. The van der Waals surface area contributed by atoms with E-state index < -0.39 is 6.10 Å². The Kier molecular flexibility index (Phi) is 5.17. The Morgan fingerprint density at radius 2 is 2.00 bits per heavy atom. The van der Waals surface area contributed by atoms with Crippen LogP contribution in [-0.2, 0) is 11.8 Å². The first-order valence-corrected chi connectivity index (χ1v) is 6.44. The topological polar surface area (TPSA) is 55.5 Å². The molecule has 1 unspecified atom stereocenters. The summed E-state index contributed by atoms with van der Waals surface area (Å²) in [6, 6.07) is 6.23. The van der Waals surface area contributed by atoms with Gasteiger partial charge in [-0.05, 0) is 35.4 Å². The Morgan fingerprint density at radius 1 is 1.33 bits per heavy atom. The van der Waals surface area contributed by atoms with Crippen LogP contribution in [0.25, 0.3) is 0 Å². The molecule has 102 valence electrons. The number of aliphatic hydroxyl groups excluding tert-OH is 1. The third-order valence-electron chi connectivity index (χ3n) is 3.11. The standard InChI is InChI=1S/C15H25NO2/c1-15(2,3)13-9-11(5-7-12(17)10-16)6-8-14(13)18-4/h6,8-9,12,17H,5,7,10,16H2,1-4H3. The van der Waals surface area contributed by atoms with E-state index in [4.69, 9.17) is 10.5 Å². The molecule has 1 atom stereocenters. The van der Waals surface area contributed by atoms with Crippen LogP contribution in [0, 0.1) is 0 Å². The fourth-order valence-electron chi connectivity index (χ4n) is 1.95. The number of rotatable bonds is 5. The largest absolute Gasteiger partial charge is 0.496 e. The highest BCUT2D eigenvalue weighted by molar-refractivity contribution is 5.41. The van der Waals surface area contributed by atoms with Gasteiger partial charge in [-0.25, -0.2) is 0 Å². The second-order valence-electron chi connectivity index (χ2n) is 5.71. The molecule has 1 aromatic rings. The molecule has 0 radical (unpaired) electrons. The van der Waals surface area contributed by atoms with Crippen LogP contribution < -0.4 is 10.5 Å². The van der Waals surface area contributed by atoms with Crippen molar-refractivity contribution in [1.29, 1.82) is 0 Å². The van der Waals surface area contributed by atoms with Crippen molar-refractivity contribution in [2.45, 2.75) is 45.1 Å². The smallest absolute Gasteiger partial charge is 0.122 e. The minimum atomic E-state index is -0.412. The summed E-state index contributed by atoms with van der Waals surface area (Å²) in [6.45, 7) is 6.83. The molecule has 0 saturated carbocycles. The lowest BCUT2D eigenvalue weighted by molar-refractivity contribution is 0.173. The van der Waals surface area contributed by atoms with E-state index in [1.54, 1.807) is 7.11 Å². The van der Waals surface area contributed by atoms with Crippen molar-refractivity contribution in [3.63, 3.8) is 0 Å². The number of hydrogen-bond donors (Lipinski definition) is 2. The molecule has 1 rings (SSSR count). The normalized spacial score (nSPS) is 13.4. The van der Waals surface area contributed by atoms with Gasteiger partial charge < -0.3 is 15.6 Å². The Bertz CT molecular complexity index is 383. The summed E-state index contributed by atoms with van der Waals surface area (Å²) in [7, 11) is 1.70.